The first kappa shape index (κ1) is 107. The molecule has 0 aromatic heterocycles. The fourth-order valence-corrected chi connectivity index (χ4v) is 23.7. The molecule has 702 valence electrons. The lowest BCUT2D eigenvalue weighted by molar-refractivity contribution is -0.159. The number of carboxylic acid groups (broad SMARTS) is 1. The van der Waals surface area contributed by atoms with E-state index in [9.17, 15) is 47.0 Å². The Balaban J connectivity index is 0.000000219. The van der Waals surface area contributed by atoms with Crippen LogP contribution in [0.1, 0.15) is 245 Å². The largest absolute Gasteiger partial charge is 0.481 e. The van der Waals surface area contributed by atoms with Crippen molar-refractivity contribution in [3.63, 3.8) is 0 Å². The number of nitrogens with two attached hydrogens (primary N) is 1. The van der Waals surface area contributed by atoms with Gasteiger partial charge < -0.3 is 52.0 Å². The van der Waals surface area contributed by atoms with Gasteiger partial charge in [0.25, 0.3) is 0 Å². The van der Waals surface area contributed by atoms with Crippen molar-refractivity contribution in [3.8, 4) is 0 Å². The summed E-state index contributed by atoms with van der Waals surface area (Å²) in [5, 5.41) is 23.3. The minimum absolute atomic E-state index is 0. The molecule has 2 fully saturated rings. The van der Waals surface area contributed by atoms with Gasteiger partial charge in [-0.15, -0.1) is 35.3 Å². The van der Waals surface area contributed by atoms with Crippen molar-refractivity contribution in [1.29, 1.82) is 0 Å². The summed E-state index contributed by atoms with van der Waals surface area (Å²) in [7, 11) is 1.71. The Morgan fingerprint density at radius 2 is 0.954 bits per heavy atom. The van der Waals surface area contributed by atoms with E-state index in [0.717, 1.165) is 94.2 Å². The van der Waals surface area contributed by atoms with E-state index in [-0.39, 0.29) is 93.1 Å². The lowest BCUT2D eigenvalue weighted by Crippen LogP contribution is -2.55. The van der Waals surface area contributed by atoms with Crippen LogP contribution in [0.2, 0.25) is 0 Å². The van der Waals surface area contributed by atoms with Crippen LogP contribution in [-0.2, 0) is 62.3 Å². The third kappa shape index (κ3) is 29.7. The smallest absolute Gasteiger partial charge is 0.411 e. The molecule has 2 aliphatic heterocycles. The molecule has 3 amide bonds. The molecule has 10 atom stereocenters. The number of thioether (sulfide) groups is 3. The van der Waals surface area contributed by atoms with Gasteiger partial charge in [0.05, 0.1) is 50.9 Å². The molecule has 0 spiro atoms. The molecule has 2 saturated heterocycles. The van der Waals surface area contributed by atoms with Gasteiger partial charge in [-0.2, -0.15) is 13.2 Å². The highest BCUT2D eigenvalue weighted by molar-refractivity contribution is 8.01. The number of nitrogens with zero attached hydrogens (tertiary/aromatic N) is 2. The maximum atomic E-state index is 14.2. The van der Waals surface area contributed by atoms with Crippen LogP contribution in [0.25, 0.3) is 4.85 Å². The van der Waals surface area contributed by atoms with Crippen molar-refractivity contribution in [2.24, 2.45) is 45.7 Å². The number of ether oxygens (including phenoxy) is 1. The summed E-state index contributed by atoms with van der Waals surface area (Å²) in [5.41, 5.74) is 20.2. The molecule has 9 aromatic rings. The number of rotatable bonds is 29. The molecule has 21 heteroatoms. The first-order valence-electron chi connectivity index (χ1n) is 46.1. The lowest BCUT2D eigenvalue weighted by Gasteiger charge is -2.37. The Kier molecular flexibility index (Phi) is 41.6. The van der Waals surface area contributed by atoms with Crippen LogP contribution in [0.4, 0.5) is 13.2 Å². The van der Waals surface area contributed by atoms with Gasteiger partial charge in [-0.05, 0) is 192 Å². The van der Waals surface area contributed by atoms with Gasteiger partial charge in [0.15, 0.2) is 0 Å². The molecule has 14 rings (SSSR count). The van der Waals surface area contributed by atoms with Crippen LogP contribution in [0.15, 0.2) is 255 Å². The van der Waals surface area contributed by atoms with E-state index in [0.29, 0.717) is 25.2 Å². The lowest BCUT2D eigenvalue weighted by atomic mass is 9.71. The fourth-order valence-electron chi connectivity index (χ4n) is 18.7. The number of carbonyl (C=O) groups excluding carboxylic acids is 5. The average Bonchev–Trinajstić information content (AvgIpc) is 1.69. The van der Waals surface area contributed by atoms with E-state index in [4.69, 9.17) is 22.1 Å². The number of methoxy groups -OCH3 is 1. The quantitative estimate of drug-likeness (QED) is 0.0145. The zero-order chi connectivity index (χ0) is 94.2. The number of aliphatic carboxylic acids is 1. The van der Waals surface area contributed by atoms with E-state index in [1.165, 1.54) is 73.2 Å². The number of fused-ring (bicyclic) bond motifs is 4. The molecule has 131 heavy (non-hydrogen) atoms. The minimum atomic E-state index is -4.40. The van der Waals surface area contributed by atoms with Crippen molar-refractivity contribution in [1.82, 2.24) is 21.7 Å². The molecule has 0 radical (unpaired) electrons. The molecular formula is C110H139F3N6O9S3. The Hall–Kier alpha value is -9.63. The van der Waals surface area contributed by atoms with E-state index in [1.807, 2.05) is 81.6 Å². The first-order chi connectivity index (χ1) is 62.1. The standard InChI is InChI=1S/C44H53NO3S.C24H24O2S.C21H29N3O2S.C11H11N.C8H16O.C2H3F3O.H3N/c1-32(28-29-49-44(35-20-9-6-10-21-35,36-22-11-7-12-23-36)37-24-13-8-14-25-37)41(46)30-39(43(3,4)31-33(2)48-5)42(47)45-40-27-17-19-34-18-15-16-26-38(34)40;1-19(23(25)26)17-18-27-24(20-11-5-2-6-12-20,21-13-7-3-8-14-21)22-15-9-4-10-16-22;1-21(2)12-17-24(20(26)15(22)10-11-27-17)18(21)19(25)23-16-9-5-7-13-6-3-4-8-14(13)16;1-12-11-8-4-6-9-5-2-3-7-10(9)11;1-7(2)5-8(3,4)6-9;3-2(4,5)1-6;/h6-16,18,20-26,32-33,39-40H,17,19,27-31H2,1-5H3,(H,45,47);2-16,19H,17-18H2,1H3,(H,25,26);3-4,6,8,15-18H,5,7,9-12,22H2,1-2H3,(H,23,25);2-3,5,7,11H,4,6,8H2;6-7H,5H2,1-4H3;6H,1H2;1H3/t32-,33?,39?,40+;19-;15-,16+,17-,18?;11-;;;/m0001.../s1. The minimum Gasteiger partial charge on any atom is -0.481 e. The molecular weight excluding hydrogens is 1700 g/mol. The van der Waals surface area contributed by atoms with Crippen molar-refractivity contribution in [2.75, 3.05) is 31.0 Å². The summed E-state index contributed by atoms with van der Waals surface area (Å²) in [6, 6.07) is 87.8. The van der Waals surface area contributed by atoms with Crippen molar-refractivity contribution in [2.45, 2.75) is 236 Å². The number of hydrogen-bond acceptors (Lipinski definition) is 13. The van der Waals surface area contributed by atoms with E-state index < -0.39 is 46.9 Å². The Morgan fingerprint density at radius 3 is 1.33 bits per heavy atom. The third-order valence-electron chi connectivity index (χ3n) is 25.6. The van der Waals surface area contributed by atoms with Crippen LogP contribution in [0.5, 0.6) is 0 Å². The second kappa shape index (κ2) is 51.0. The number of alkyl halides is 3. The van der Waals surface area contributed by atoms with Crippen molar-refractivity contribution < 1.29 is 56.9 Å². The molecule has 0 saturated carbocycles. The van der Waals surface area contributed by atoms with Crippen LogP contribution >= 0.6 is 35.3 Å². The molecule has 9 aromatic carbocycles. The van der Waals surface area contributed by atoms with Gasteiger partial charge >= 0.3 is 12.1 Å². The van der Waals surface area contributed by atoms with Crippen molar-refractivity contribution >= 4 is 71.0 Å². The SMILES string of the molecule is CC(C)CC(C)(C)C=O.CC1(C)C[C@@H]2SCC[C@H](N)C(=O)N2C1C(=O)N[C@@H]1CCCc2ccccc21.COC(C)CC(C)(C)C(CC(=O)[C@@H](C)CCSC(c1ccccc1)(c1ccccc1)c1ccccc1)C(=O)N[C@@H]1CCCc2ccccc21.C[C@@H](CCSC(c1ccccc1)(c1ccccc1)c1ccccc1)C(=O)O.N.OCC(F)(F)F.[C-]#[N+][C@@H]1CCCc2ccccc21. The van der Waals surface area contributed by atoms with Gasteiger partial charge in [0, 0.05) is 36.8 Å². The highest BCUT2D eigenvalue weighted by Crippen LogP contribution is 2.52. The number of amides is 3. The molecule has 5 aliphatic rings. The highest BCUT2D eigenvalue weighted by atomic mass is 32.2. The predicted octanol–water partition coefficient (Wildman–Crippen LogP) is 24.3. The van der Waals surface area contributed by atoms with Gasteiger partial charge in [0.2, 0.25) is 23.8 Å². The van der Waals surface area contributed by atoms with Gasteiger partial charge in [-0.1, -0.05) is 324 Å². The number of aliphatic hydroxyl groups excluding tert-OH is 1. The first-order valence-corrected chi connectivity index (χ1v) is 49.1. The second-order valence-electron chi connectivity index (χ2n) is 37.5. The summed E-state index contributed by atoms with van der Waals surface area (Å²) >= 11 is 5.46. The van der Waals surface area contributed by atoms with Crippen LogP contribution in [0, 0.1) is 46.5 Å². The van der Waals surface area contributed by atoms with E-state index in [2.05, 4.69) is 281 Å². The Labute approximate surface area is 790 Å². The number of carboxylic acids is 1. The summed E-state index contributed by atoms with van der Waals surface area (Å²) in [5.74, 6) is 1.31. The third-order valence-corrected chi connectivity index (χ3v) is 30.0. The average molecular weight is 1840 g/mol. The number of carbonyl (C=O) groups is 6. The number of nitrogens with one attached hydrogen (secondary N) is 2. The zero-order valence-corrected chi connectivity index (χ0v) is 81.1. The molecule has 3 aliphatic carbocycles. The molecule has 2 heterocycles. The number of aliphatic hydroxyl groups is 1. The summed E-state index contributed by atoms with van der Waals surface area (Å²) in [4.78, 5) is 81.7. The number of Topliss-reactive ketones (excluding diaryl/α,β-unsaturated/α-hetero) is 1. The zero-order valence-electron chi connectivity index (χ0n) is 78.6. The summed E-state index contributed by atoms with van der Waals surface area (Å²) < 4.78 is 36.4. The highest BCUT2D eigenvalue weighted by Gasteiger charge is 2.54. The summed E-state index contributed by atoms with van der Waals surface area (Å²) in [6.45, 7) is 27.8. The van der Waals surface area contributed by atoms with E-state index >= 15 is 0 Å². The monoisotopic (exact) mass is 1840 g/mol. The van der Waals surface area contributed by atoms with Gasteiger partial charge in [-0.25, -0.2) is 6.57 Å². The molecule has 15 nitrogen and oxygen atoms in total. The Morgan fingerprint density at radius 1 is 0.580 bits per heavy atom. The maximum Gasteiger partial charge on any atom is 0.411 e. The number of halogens is 3. The van der Waals surface area contributed by atoms with Crippen molar-refractivity contribution in [3.05, 3.63) is 333 Å². The van der Waals surface area contributed by atoms with Crippen LogP contribution in [-0.4, -0.2) is 112 Å². The molecule has 0 bridgehead atoms. The van der Waals surface area contributed by atoms with Crippen LogP contribution in [0.3, 0.4) is 0 Å². The topological polar surface area (TPSA) is 245 Å². The van der Waals surface area contributed by atoms with Crippen LogP contribution < -0.4 is 22.5 Å². The normalized spacial score (nSPS) is 18.8. The predicted molar refractivity (Wildman–Crippen MR) is 531 cm³/mol. The molecule has 9 N–H and O–H groups in total. The Bertz CT molecular complexity index is 4870. The number of aryl methyl sites for hydroxylation is 3. The number of ketones is 1. The van der Waals surface area contributed by atoms with E-state index in [1.54, 1.807) is 30.7 Å². The van der Waals surface area contributed by atoms with Gasteiger partial charge in [0.1, 0.15) is 24.7 Å². The number of aldehydes is 1. The fraction of sp³-hybridized carbons (Fsp3) is 0.445. The molecule has 3 unspecified atom stereocenters. The number of benzene rings is 9. The number of hydrogen-bond donors (Lipinski definition) is 6. The summed E-state index contributed by atoms with van der Waals surface area (Å²) in [6.07, 6.45) is 10.8. The van der Waals surface area contributed by atoms with Gasteiger partial charge in [-0.3, -0.25) is 24.0 Å². The second-order valence-corrected chi connectivity index (χ2v) is 41.4. The maximum absolute atomic E-state index is 14.2.